The number of aromatic hydroxyl groups is 1. The molecule has 0 saturated carbocycles. The highest BCUT2D eigenvalue weighted by atomic mass is 35.5. The predicted octanol–water partition coefficient (Wildman–Crippen LogP) is 7.41. The van der Waals surface area contributed by atoms with Gasteiger partial charge in [-0.15, -0.1) is 0 Å². The zero-order valence-corrected chi connectivity index (χ0v) is 23.3. The third-order valence-corrected chi connectivity index (χ3v) is 6.70. The van der Waals surface area contributed by atoms with Crippen LogP contribution in [0, 0.1) is 5.82 Å². The summed E-state index contributed by atoms with van der Waals surface area (Å²) in [5.74, 6) is -0.949. The Labute approximate surface area is 245 Å². The Morgan fingerprint density at radius 3 is 2.52 bits per heavy atom. The number of carbonyl (C=O) groups is 1. The lowest BCUT2D eigenvalue weighted by molar-refractivity contribution is -0.137. The summed E-state index contributed by atoms with van der Waals surface area (Å²) >= 11 is 5.87. The molecule has 42 heavy (non-hydrogen) atoms. The average molecular weight is 602 g/mol. The second-order valence-corrected chi connectivity index (χ2v) is 9.94. The van der Waals surface area contributed by atoms with Gasteiger partial charge in [-0.2, -0.15) is 18.3 Å². The van der Waals surface area contributed by atoms with Gasteiger partial charge in [0.05, 0.1) is 16.8 Å². The van der Waals surface area contributed by atoms with Gasteiger partial charge in [-0.05, 0) is 72.4 Å². The zero-order chi connectivity index (χ0) is 30.3. The molecule has 1 amide bonds. The predicted molar refractivity (Wildman–Crippen MR) is 155 cm³/mol. The lowest BCUT2D eigenvalue weighted by atomic mass is 10.0. The van der Waals surface area contributed by atoms with E-state index in [4.69, 9.17) is 16.3 Å². The van der Waals surface area contributed by atoms with Crippen molar-refractivity contribution in [2.45, 2.75) is 26.1 Å². The van der Waals surface area contributed by atoms with E-state index in [1.165, 1.54) is 24.4 Å². The van der Waals surface area contributed by atoms with Gasteiger partial charge in [0.2, 0.25) is 0 Å². The summed E-state index contributed by atoms with van der Waals surface area (Å²) in [6.07, 6.45) is -2.36. The fraction of sp³-hybridized carbons (Fsp3) is 0.226. The number of nitrogens with one attached hydrogen (secondary N) is 1. The molecule has 0 aliphatic carbocycles. The molecule has 0 fully saturated rings. The normalized spacial score (nSPS) is 11.9. The molecule has 4 rings (SSSR count). The Hall–Kier alpha value is -4.15. The second kappa shape index (κ2) is 13.7. The van der Waals surface area contributed by atoms with E-state index in [0.717, 1.165) is 34.9 Å². The summed E-state index contributed by atoms with van der Waals surface area (Å²) in [4.78, 5) is 14.3. The number of hydrogen-bond donors (Lipinski definition) is 2. The number of rotatable bonds is 11. The van der Waals surface area contributed by atoms with Gasteiger partial charge in [0.25, 0.3) is 5.91 Å². The number of nitrogens with zero attached hydrogens (tertiary/aromatic N) is 2. The molecule has 0 saturated heterocycles. The number of phenols is 1. The molecule has 0 heterocycles. The van der Waals surface area contributed by atoms with Gasteiger partial charge >= 0.3 is 6.18 Å². The van der Waals surface area contributed by atoms with E-state index in [1.807, 2.05) is 36.1 Å². The number of carbonyl (C=O) groups excluding carboxylic acids is 1. The molecule has 0 bridgehead atoms. The van der Waals surface area contributed by atoms with Crippen LogP contribution in [0.15, 0.2) is 77.9 Å². The van der Waals surface area contributed by atoms with Crippen LogP contribution in [0.3, 0.4) is 0 Å². The highest BCUT2D eigenvalue weighted by Crippen LogP contribution is 2.31. The number of hydrogen-bond acceptors (Lipinski definition) is 5. The van der Waals surface area contributed by atoms with E-state index in [9.17, 15) is 27.5 Å². The monoisotopic (exact) mass is 601 g/mol. The lowest BCUT2D eigenvalue weighted by Crippen LogP contribution is -2.29. The summed E-state index contributed by atoms with van der Waals surface area (Å²) in [5, 5.41) is 15.3. The van der Waals surface area contributed by atoms with Crippen LogP contribution in [0.4, 0.5) is 17.6 Å². The fourth-order valence-electron chi connectivity index (χ4n) is 4.44. The third kappa shape index (κ3) is 7.98. The molecule has 0 atom stereocenters. The highest BCUT2D eigenvalue weighted by Gasteiger charge is 2.31. The number of amides is 1. The van der Waals surface area contributed by atoms with E-state index < -0.39 is 23.5 Å². The van der Waals surface area contributed by atoms with Crippen LogP contribution in [0.25, 0.3) is 10.8 Å². The molecule has 0 aliphatic heterocycles. The lowest BCUT2D eigenvalue weighted by Gasteiger charge is -2.23. The van der Waals surface area contributed by atoms with Crippen molar-refractivity contribution in [3.8, 4) is 11.5 Å². The molecule has 0 aromatic heterocycles. The zero-order valence-electron chi connectivity index (χ0n) is 22.6. The maximum atomic E-state index is 13.9. The van der Waals surface area contributed by atoms with Crippen LogP contribution in [0.2, 0.25) is 5.02 Å². The maximum Gasteiger partial charge on any atom is 0.416 e. The minimum Gasteiger partial charge on any atom is -0.506 e. The Bertz CT molecular complexity index is 1590. The average Bonchev–Trinajstić information content (AvgIpc) is 2.94. The number of ether oxygens (including phenoxy) is 1. The number of alkyl halides is 3. The summed E-state index contributed by atoms with van der Waals surface area (Å²) in [6, 6.07) is 17.7. The Morgan fingerprint density at radius 1 is 1.05 bits per heavy atom. The molecule has 0 unspecified atom stereocenters. The smallest absolute Gasteiger partial charge is 0.416 e. The molecular formula is C31H28ClF4N3O3. The fourth-order valence-corrected chi connectivity index (χ4v) is 4.62. The van der Waals surface area contributed by atoms with Crippen molar-refractivity contribution in [2.24, 2.45) is 5.10 Å². The molecule has 220 valence electrons. The van der Waals surface area contributed by atoms with Crippen LogP contribution in [-0.2, 0) is 12.7 Å². The summed E-state index contributed by atoms with van der Waals surface area (Å²) in [7, 11) is 0. The van der Waals surface area contributed by atoms with Crippen molar-refractivity contribution < 1.29 is 32.2 Å². The van der Waals surface area contributed by atoms with Gasteiger partial charge < -0.3 is 9.84 Å². The van der Waals surface area contributed by atoms with Crippen molar-refractivity contribution >= 4 is 34.5 Å². The summed E-state index contributed by atoms with van der Waals surface area (Å²) < 4.78 is 59.4. The van der Waals surface area contributed by atoms with E-state index in [0.29, 0.717) is 24.9 Å². The first-order valence-electron chi connectivity index (χ1n) is 13.1. The number of halogens is 5. The first kappa shape index (κ1) is 30.8. The van der Waals surface area contributed by atoms with E-state index in [2.05, 4.69) is 10.5 Å². The first-order chi connectivity index (χ1) is 20.0. The largest absolute Gasteiger partial charge is 0.506 e. The van der Waals surface area contributed by atoms with Crippen LogP contribution < -0.4 is 10.2 Å². The van der Waals surface area contributed by atoms with Gasteiger partial charge in [0, 0.05) is 29.6 Å². The minimum absolute atomic E-state index is 0.0515. The SMILES string of the molecule is CCCN(CCOc1ccc(/C=N/NC(=O)c2ccc(O)c(Cl)c2)c2ccccc12)Cc1cc(F)cc(C(F)(F)F)c1. The van der Waals surface area contributed by atoms with Gasteiger partial charge in [0.15, 0.2) is 0 Å². The number of fused-ring (bicyclic) bond motifs is 1. The van der Waals surface area contributed by atoms with E-state index >= 15 is 0 Å². The van der Waals surface area contributed by atoms with Gasteiger partial charge in [-0.1, -0.05) is 42.8 Å². The van der Waals surface area contributed by atoms with Crippen LogP contribution >= 0.6 is 11.6 Å². The van der Waals surface area contributed by atoms with Crippen molar-refractivity contribution in [3.63, 3.8) is 0 Å². The van der Waals surface area contributed by atoms with Crippen molar-refractivity contribution in [3.05, 3.63) is 106 Å². The Balaban J connectivity index is 1.42. The Kier molecular flexibility index (Phi) is 10.0. The van der Waals surface area contributed by atoms with Gasteiger partial charge in [-0.3, -0.25) is 9.69 Å². The Morgan fingerprint density at radius 2 is 1.81 bits per heavy atom. The van der Waals surface area contributed by atoms with E-state index in [-0.39, 0.29) is 35.1 Å². The molecule has 4 aromatic carbocycles. The summed E-state index contributed by atoms with van der Waals surface area (Å²) in [5.41, 5.74) is 2.62. The molecule has 2 N–H and O–H groups in total. The van der Waals surface area contributed by atoms with Crippen molar-refractivity contribution in [2.75, 3.05) is 19.7 Å². The third-order valence-electron chi connectivity index (χ3n) is 6.39. The van der Waals surface area contributed by atoms with Crippen LogP contribution in [-0.4, -0.2) is 41.8 Å². The molecule has 4 aromatic rings. The summed E-state index contributed by atoms with van der Waals surface area (Å²) in [6.45, 7) is 3.37. The maximum absolute atomic E-state index is 13.9. The molecule has 0 spiro atoms. The topological polar surface area (TPSA) is 74.2 Å². The number of hydrazone groups is 1. The van der Waals surface area contributed by atoms with Gasteiger partial charge in [0.1, 0.15) is 23.9 Å². The molecule has 0 radical (unpaired) electrons. The van der Waals surface area contributed by atoms with Crippen molar-refractivity contribution in [1.29, 1.82) is 0 Å². The number of phenolic OH excluding ortho intramolecular Hbond substituents is 1. The van der Waals surface area contributed by atoms with E-state index in [1.54, 1.807) is 12.1 Å². The minimum atomic E-state index is -4.62. The quantitative estimate of drug-likeness (QED) is 0.107. The molecule has 11 heteroatoms. The molecule has 0 aliphatic rings. The van der Waals surface area contributed by atoms with Crippen molar-refractivity contribution in [1.82, 2.24) is 10.3 Å². The van der Waals surface area contributed by atoms with Crippen LogP contribution in [0.1, 0.15) is 40.4 Å². The van der Waals surface area contributed by atoms with Gasteiger partial charge in [-0.25, -0.2) is 9.82 Å². The highest BCUT2D eigenvalue weighted by molar-refractivity contribution is 6.32. The second-order valence-electron chi connectivity index (χ2n) is 9.53. The number of benzene rings is 4. The molecule has 6 nitrogen and oxygen atoms in total. The first-order valence-corrected chi connectivity index (χ1v) is 13.5. The van der Waals surface area contributed by atoms with Crippen LogP contribution in [0.5, 0.6) is 11.5 Å². The molecular weight excluding hydrogens is 574 g/mol. The standard InChI is InChI=1S/C31H28ClF4N3O3/c1-2-11-39(19-20-14-23(31(34,35)36)17-24(33)15-20)12-13-42-29-10-8-22(25-5-3-4-6-26(25)29)18-37-38-30(41)21-7-9-28(40)27(32)16-21/h3-10,14-18,40H,2,11-13,19H2,1H3,(H,38,41)/b37-18+.